The van der Waals surface area contributed by atoms with Crippen molar-refractivity contribution in [1.82, 2.24) is 4.90 Å². The molecule has 4 nitrogen and oxygen atoms in total. The van der Waals surface area contributed by atoms with Crippen LogP contribution < -0.4 is 0 Å². The van der Waals surface area contributed by atoms with E-state index in [0.29, 0.717) is 18.3 Å². The lowest BCUT2D eigenvalue weighted by molar-refractivity contribution is -0.207. The molecular formula is C22H35NO3. The number of likely N-dealkylation sites (tertiary alicyclic amines) is 1. The Morgan fingerprint density at radius 2 is 1.81 bits per heavy atom. The maximum Gasteiger partial charge on any atom is 0.309 e. The van der Waals surface area contributed by atoms with Crippen molar-refractivity contribution < 1.29 is 14.3 Å². The first kappa shape index (κ1) is 18.3. The monoisotopic (exact) mass is 361 g/mol. The van der Waals surface area contributed by atoms with Gasteiger partial charge in [0.25, 0.3) is 0 Å². The molecule has 146 valence electrons. The van der Waals surface area contributed by atoms with Crippen molar-refractivity contribution in [2.75, 3.05) is 6.54 Å². The first-order valence-electron chi connectivity index (χ1n) is 10.9. The van der Waals surface area contributed by atoms with Gasteiger partial charge in [0.2, 0.25) is 5.91 Å². The van der Waals surface area contributed by atoms with Gasteiger partial charge in [-0.25, -0.2) is 0 Å². The Morgan fingerprint density at radius 3 is 2.31 bits per heavy atom. The molecular weight excluding hydrogens is 326 g/mol. The van der Waals surface area contributed by atoms with Gasteiger partial charge in [-0.05, 0) is 88.9 Å². The number of nitrogens with zero attached hydrogens (tertiary/aromatic N) is 1. The SMILES string of the molecule is CCC(CC(C)N1CCCC1=O)C(=O)OC1(C)C2CC3CC(C2)CC1C3. The molecule has 1 heterocycles. The largest absolute Gasteiger partial charge is 0.459 e. The van der Waals surface area contributed by atoms with Crippen LogP contribution >= 0.6 is 0 Å². The van der Waals surface area contributed by atoms with Gasteiger partial charge in [-0.3, -0.25) is 9.59 Å². The maximum atomic E-state index is 13.1. The summed E-state index contributed by atoms with van der Waals surface area (Å²) in [5.74, 6) is 3.04. The Hall–Kier alpha value is -1.06. The van der Waals surface area contributed by atoms with Gasteiger partial charge in [-0.1, -0.05) is 6.92 Å². The van der Waals surface area contributed by atoms with Crippen LogP contribution in [0.15, 0.2) is 0 Å². The third-order valence-corrected chi connectivity index (χ3v) is 8.17. The maximum absolute atomic E-state index is 13.1. The van der Waals surface area contributed by atoms with Crippen LogP contribution in [0.25, 0.3) is 0 Å². The smallest absolute Gasteiger partial charge is 0.309 e. The first-order chi connectivity index (χ1) is 12.4. The molecule has 0 aromatic carbocycles. The van der Waals surface area contributed by atoms with Gasteiger partial charge in [-0.15, -0.1) is 0 Å². The van der Waals surface area contributed by atoms with Crippen molar-refractivity contribution in [1.29, 1.82) is 0 Å². The molecule has 0 aromatic rings. The van der Waals surface area contributed by atoms with E-state index < -0.39 is 0 Å². The molecule has 2 unspecified atom stereocenters. The second-order valence-corrected chi connectivity index (χ2v) is 9.79. The van der Waals surface area contributed by atoms with Crippen LogP contribution in [-0.2, 0) is 14.3 Å². The summed E-state index contributed by atoms with van der Waals surface area (Å²) >= 11 is 0. The van der Waals surface area contributed by atoms with E-state index >= 15 is 0 Å². The average Bonchev–Trinajstić information content (AvgIpc) is 3.03. The van der Waals surface area contributed by atoms with Gasteiger partial charge in [0.15, 0.2) is 0 Å². The highest BCUT2D eigenvalue weighted by Crippen LogP contribution is 2.59. The lowest BCUT2D eigenvalue weighted by Gasteiger charge is -2.59. The fourth-order valence-electron chi connectivity index (χ4n) is 6.69. The van der Waals surface area contributed by atoms with Crippen LogP contribution in [0, 0.1) is 29.6 Å². The van der Waals surface area contributed by atoms with Gasteiger partial charge in [0, 0.05) is 19.0 Å². The predicted octanol–water partition coefficient (Wildman–Crippen LogP) is 4.17. The lowest BCUT2D eigenvalue weighted by Crippen LogP contribution is -2.58. The Labute approximate surface area is 158 Å². The molecule has 1 amide bonds. The minimum Gasteiger partial charge on any atom is -0.459 e. The van der Waals surface area contributed by atoms with Crippen molar-refractivity contribution in [2.24, 2.45) is 29.6 Å². The fourth-order valence-corrected chi connectivity index (χ4v) is 6.69. The number of hydrogen-bond acceptors (Lipinski definition) is 3. The molecule has 2 atom stereocenters. The molecule has 0 aromatic heterocycles. The number of amides is 1. The minimum absolute atomic E-state index is 0.0130. The van der Waals surface area contributed by atoms with E-state index in [-0.39, 0.29) is 29.4 Å². The molecule has 0 spiro atoms. The zero-order valence-electron chi connectivity index (χ0n) is 16.7. The standard InChI is InChI=1S/C22H35NO3/c1-4-17(8-14(2)23-7-5-6-20(23)24)21(25)26-22(3)18-10-15-9-16(12-18)13-19(22)11-15/h14-19H,4-13H2,1-3H3. The second-order valence-electron chi connectivity index (χ2n) is 9.79. The highest BCUT2D eigenvalue weighted by atomic mass is 16.6. The zero-order valence-corrected chi connectivity index (χ0v) is 16.7. The molecule has 5 aliphatic rings. The molecule has 1 saturated heterocycles. The molecule has 5 fully saturated rings. The third-order valence-electron chi connectivity index (χ3n) is 8.17. The zero-order chi connectivity index (χ0) is 18.5. The highest BCUT2D eigenvalue weighted by molar-refractivity contribution is 5.78. The highest BCUT2D eigenvalue weighted by Gasteiger charge is 2.57. The number of carbonyl (C=O) groups excluding carboxylic acids is 2. The van der Waals surface area contributed by atoms with E-state index in [1.54, 1.807) is 0 Å². The van der Waals surface area contributed by atoms with Crippen molar-refractivity contribution in [3.63, 3.8) is 0 Å². The van der Waals surface area contributed by atoms with Crippen LogP contribution in [0.5, 0.6) is 0 Å². The summed E-state index contributed by atoms with van der Waals surface area (Å²) in [6.07, 6.45) is 9.58. The summed E-state index contributed by atoms with van der Waals surface area (Å²) in [5, 5.41) is 0. The van der Waals surface area contributed by atoms with Crippen molar-refractivity contribution in [3.8, 4) is 0 Å². The number of carbonyl (C=O) groups is 2. The molecule has 5 rings (SSSR count). The summed E-state index contributed by atoms with van der Waals surface area (Å²) in [6.45, 7) is 7.22. The number of esters is 1. The fraction of sp³-hybridized carbons (Fsp3) is 0.909. The van der Waals surface area contributed by atoms with Gasteiger partial charge in [-0.2, -0.15) is 0 Å². The molecule has 4 saturated carbocycles. The summed E-state index contributed by atoms with van der Waals surface area (Å²) in [6, 6.07) is 0.133. The molecule has 4 heteroatoms. The summed E-state index contributed by atoms with van der Waals surface area (Å²) in [5.41, 5.74) is -0.245. The molecule has 0 radical (unpaired) electrons. The van der Waals surface area contributed by atoms with E-state index in [1.165, 1.54) is 32.1 Å². The van der Waals surface area contributed by atoms with Crippen LogP contribution in [0.4, 0.5) is 0 Å². The third kappa shape index (κ3) is 3.07. The van der Waals surface area contributed by atoms with Crippen molar-refractivity contribution in [3.05, 3.63) is 0 Å². The van der Waals surface area contributed by atoms with Crippen molar-refractivity contribution >= 4 is 11.9 Å². The number of rotatable bonds is 6. The van der Waals surface area contributed by atoms with E-state index in [4.69, 9.17) is 4.74 Å². The second kappa shape index (κ2) is 6.83. The van der Waals surface area contributed by atoms with Crippen LogP contribution in [0.3, 0.4) is 0 Å². The summed E-state index contributed by atoms with van der Waals surface area (Å²) in [7, 11) is 0. The average molecular weight is 362 g/mol. The van der Waals surface area contributed by atoms with Crippen LogP contribution in [0.1, 0.15) is 78.6 Å². The van der Waals surface area contributed by atoms with Crippen LogP contribution in [-0.4, -0.2) is 35.0 Å². The molecule has 4 aliphatic carbocycles. The van der Waals surface area contributed by atoms with E-state index in [2.05, 4.69) is 20.8 Å². The predicted molar refractivity (Wildman–Crippen MR) is 100 cm³/mol. The molecule has 26 heavy (non-hydrogen) atoms. The van der Waals surface area contributed by atoms with Gasteiger partial charge >= 0.3 is 5.97 Å². The number of ether oxygens (including phenoxy) is 1. The van der Waals surface area contributed by atoms with Gasteiger partial charge < -0.3 is 9.64 Å². The topological polar surface area (TPSA) is 46.6 Å². The molecule has 0 N–H and O–H groups in total. The van der Waals surface area contributed by atoms with Gasteiger partial charge in [0.1, 0.15) is 5.60 Å². The Morgan fingerprint density at radius 1 is 1.19 bits per heavy atom. The van der Waals surface area contributed by atoms with Crippen molar-refractivity contribution in [2.45, 2.75) is 90.2 Å². The minimum atomic E-state index is -0.245. The van der Waals surface area contributed by atoms with Crippen LogP contribution in [0.2, 0.25) is 0 Å². The Kier molecular flexibility index (Phi) is 4.81. The quantitative estimate of drug-likeness (QED) is 0.667. The Balaban J connectivity index is 1.40. The lowest BCUT2D eigenvalue weighted by atomic mass is 9.50. The van der Waals surface area contributed by atoms with E-state index in [1.807, 2.05) is 4.90 Å². The number of hydrogen-bond donors (Lipinski definition) is 0. The first-order valence-corrected chi connectivity index (χ1v) is 10.9. The molecule has 1 aliphatic heterocycles. The van der Waals surface area contributed by atoms with Gasteiger partial charge in [0.05, 0.1) is 5.92 Å². The molecule has 4 bridgehead atoms. The normalized spacial score (nSPS) is 40.7. The Bertz CT molecular complexity index is 544. The summed E-state index contributed by atoms with van der Waals surface area (Å²) < 4.78 is 6.32. The summed E-state index contributed by atoms with van der Waals surface area (Å²) in [4.78, 5) is 27.0. The van der Waals surface area contributed by atoms with E-state index in [0.717, 1.165) is 37.6 Å². The van der Waals surface area contributed by atoms with E-state index in [9.17, 15) is 9.59 Å².